The van der Waals surface area contributed by atoms with Gasteiger partial charge in [0.2, 0.25) is 5.90 Å². The van der Waals surface area contributed by atoms with E-state index in [1.54, 1.807) is 73.8 Å². The monoisotopic (exact) mass is 688 g/mol. The number of hydrogen-bond acceptors (Lipinski definition) is 8. The number of ether oxygens (including phenoxy) is 3. The summed E-state index contributed by atoms with van der Waals surface area (Å²) in [7, 11) is 1.61. The molecular formula is C35H34Cl2N6O5. The number of methoxy groups -OCH3 is 1. The van der Waals surface area contributed by atoms with E-state index in [0.29, 0.717) is 64.2 Å². The van der Waals surface area contributed by atoms with Crippen molar-refractivity contribution < 1.29 is 24.1 Å². The third kappa shape index (κ3) is 8.20. The first-order valence-corrected chi connectivity index (χ1v) is 16.0. The number of hydrazine groups is 1. The molecule has 11 nitrogen and oxygen atoms in total. The van der Waals surface area contributed by atoms with Crippen LogP contribution in [0.2, 0.25) is 10.0 Å². The number of azide groups is 1. The van der Waals surface area contributed by atoms with E-state index in [-0.39, 0.29) is 18.9 Å². The summed E-state index contributed by atoms with van der Waals surface area (Å²) in [5.74, 6) is 1.07. The van der Waals surface area contributed by atoms with E-state index in [9.17, 15) is 10.3 Å². The van der Waals surface area contributed by atoms with Crippen LogP contribution in [0, 0.1) is 0 Å². The molecule has 4 aromatic rings. The van der Waals surface area contributed by atoms with Crippen LogP contribution in [0.1, 0.15) is 34.8 Å². The highest BCUT2D eigenvalue weighted by Gasteiger charge is 2.54. The number of nitrogens with zero attached hydrogens (tertiary/aromatic N) is 4. The minimum Gasteiger partial charge on any atom is -0.497 e. The van der Waals surface area contributed by atoms with Crippen LogP contribution in [-0.2, 0) is 22.4 Å². The van der Waals surface area contributed by atoms with Gasteiger partial charge in [-0.05, 0) is 71.6 Å². The molecule has 0 aliphatic carbocycles. The normalized spacial score (nSPS) is 16.8. The number of hydrogen-bond donors (Lipinski definition) is 3. The second-order valence-corrected chi connectivity index (χ2v) is 11.8. The molecule has 2 atom stereocenters. The number of nitrogens with one attached hydrogen (secondary N) is 2. The Morgan fingerprint density at radius 2 is 1.88 bits per heavy atom. The molecule has 48 heavy (non-hydrogen) atoms. The molecular weight excluding hydrogens is 655 g/mol. The zero-order valence-corrected chi connectivity index (χ0v) is 27.6. The molecule has 0 radical (unpaired) electrons. The van der Waals surface area contributed by atoms with Crippen LogP contribution in [0.3, 0.4) is 0 Å². The average Bonchev–Trinajstić information content (AvgIpc) is 3.48. The van der Waals surface area contributed by atoms with E-state index < -0.39 is 17.6 Å². The molecule has 5 rings (SSSR count). The number of aliphatic hydroxyl groups is 1. The van der Waals surface area contributed by atoms with Crippen molar-refractivity contribution in [3.63, 3.8) is 0 Å². The minimum absolute atomic E-state index is 0.00106. The smallest absolute Gasteiger partial charge is 0.266 e. The van der Waals surface area contributed by atoms with E-state index in [1.807, 2.05) is 24.3 Å². The summed E-state index contributed by atoms with van der Waals surface area (Å²) in [6.45, 7) is 0.801. The lowest BCUT2D eigenvalue weighted by Gasteiger charge is -2.31. The lowest BCUT2D eigenvalue weighted by atomic mass is 9.81. The molecule has 3 N–H and O–H groups in total. The van der Waals surface area contributed by atoms with E-state index in [2.05, 4.69) is 20.9 Å². The number of aliphatic imine (C=N–C) groups is 1. The van der Waals surface area contributed by atoms with Crippen molar-refractivity contribution in [2.45, 2.75) is 30.9 Å². The summed E-state index contributed by atoms with van der Waals surface area (Å²) < 4.78 is 17.6. The predicted octanol–water partition coefficient (Wildman–Crippen LogP) is 7.07. The van der Waals surface area contributed by atoms with E-state index in [0.717, 1.165) is 11.3 Å². The molecule has 1 heterocycles. The Morgan fingerprint density at radius 1 is 1.06 bits per heavy atom. The van der Waals surface area contributed by atoms with Crippen molar-refractivity contribution in [1.29, 1.82) is 0 Å². The molecule has 0 spiro atoms. The highest BCUT2D eigenvalue weighted by atomic mass is 35.5. The number of amides is 1. The Bertz CT molecular complexity index is 1820. The third-order valence-electron chi connectivity index (χ3n) is 7.75. The van der Waals surface area contributed by atoms with E-state index in [1.165, 1.54) is 0 Å². The molecule has 0 fully saturated rings. The summed E-state index contributed by atoms with van der Waals surface area (Å²) in [6, 6.07) is 26.7. The molecule has 1 aliphatic heterocycles. The number of carbonyl (C=O) groups excluding carboxylic acids is 1. The molecule has 0 saturated heterocycles. The molecule has 0 unspecified atom stereocenters. The third-order valence-corrected chi connectivity index (χ3v) is 8.32. The highest BCUT2D eigenvalue weighted by molar-refractivity contribution is 6.35. The maximum atomic E-state index is 14.5. The summed E-state index contributed by atoms with van der Waals surface area (Å²) in [6.07, 6.45) is 0.107. The van der Waals surface area contributed by atoms with Gasteiger partial charge >= 0.3 is 0 Å². The van der Waals surface area contributed by atoms with Crippen molar-refractivity contribution >= 4 is 40.7 Å². The summed E-state index contributed by atoms with van der Waals surface area (Å²) in [5.41, 5.74) is 16.6. The SMILES string of the molecule is COc1cccc(CCNNC(=O)[C@@]2(Cc3ccccc3N=[N+]=[N-])N=C(c3ccc(OCCCO)cc3)O[C@H]2c2ccc(Cl)cc2Cl)c1. The fraction of sp³-hybridized carbons (Fsp3) is 0.257. The second kappa shape index (κ2) is 16.4. The Balaban J connectivity index is 1.53. The largest absolute Gasteiger partial charge is 0.497 e. The molecule has 13 heteroatoms. The Morgan fingerprint density at radius 3 is 2.62 bits per heavy atom. The lowest BCUT2D eigenvalue weighted by molar-refractivity contribution is -0.130. The zero-order chi connectivity index (χ0) is 33.9. The number of aliphatic hydroxyl groups excluding tert-OH is 1. The van der Waals surface area contributed by atoms with Gasteiger partial charge in [0.05, 0.1) is 13.7 Å². The Kier molecular flexibility index (Phi) is 11.8. The van der Waals surface area contributed by atoms with Gasteiger partial charge in [-0.15, -0.1) is 0 Å². The maximum absolute atomic E-state index is 14.5. The first kappa shape index (κ1) is 34.6. The van der Waals surface area contributed by atoms with E-state index in [4.69, 9.17) is 47.5 Å². The highest BCUT2D eigenvalue weighted by Crippen LogP contribution is 2.46. The van der Waals surface area contributed by atoms with Crippen LogP contribution in [0.25, 0.3) is 10.4 Å². The van der Waals surface area contributed by atoms with Crippen molar-refractivity contribution in [2.75, 3.05) is 26.9 Å². The van der Waals surface area contributed by atoms with Gasteiger partial charge in [-0.2, -0.15) is 0 Å². The molecule has 1 amide bonds. The average molecular weight is 690 g/mol. The number of halogens is 2. The molecule has 248 valence electrons. The Labute approximate surface area is 288 Å². The predicted molar refractivity (Wildman–Crippen MR) is 185 cm³/mol. The molecule has 4 aromatic carbocycles. The van der Waals surface area contributed by atoms with Crippen molar-refractivity contribution in [3.05, 3.63) is 134 Å². The van der Waals surface area contributed by atoms with Crippen LogP contribution in [0.4, 0.5) is 5.69 Å². The van der Waals surface area contributed by atoms with Gasteiger partial charge in [0.25, 0.3) is 5.91 Å². The molecule has 0 saturated carbocycles. The molecule has 1 aliphatic rings. The lowest BCUT2D eigenvalue weighted by Crippen LogP contribution is -2.54. The summed E-state index contributed by atoms with van der Waals surface area (Å²) in [5, 5.41) is 13.7. The van der Waals surface area contributed by atoms with Crippen LogP contribution < -0.4 is 20.3 Å². The first-order valence-electron chi connectivity index (χ1n) is 15.2. The fourth-order valence-corrected chi connectivity index (χ4v) is 5.86. The Hall–Kier alpha value is -4.77. The number of benzene rings is 4. The van der Waals surface area contributed by atoms with Crippen LogP contribution in [-0.4, -0.2) is 49.3 Å². The van der Waals surface area contributed by atoms with Gasteiger partial charge in [0, 0.05) is 57.8 Å². The first-order chi connectivity index (χ1) is 23.4. The van der Waals surface area contributed by atoms with Crippen LogP contribution in [0.15, 0.2) is 101 Å². The van der Waals surface area contributed by atoms with Crippen LogP contribution in [0.5, 0.6) is 11.5 Å². The summed E-state index contributed by atoms with van der Waals surface area (Å²) in [4.78, 5) is 22.5. The molecule has 0 aromatic heterocycles. The van der Waals surface area contributed by atoms with Gasteiger partial charge < -0.3 is 19.3 Å². The van der Waals surface area contributed by atoms with Gasteiger partial charge in [-0.1, -0.05) is 70.8 Å². The van der Waals surface area contributed by atoms with Gasteiger partial charge in [0.1, 0.15) is 11.5 Å². The van der Waals surface area contributed by atoms with Gasteiger partial charge in [-0.3, -0.25) is 10.2 Å². The van der Waals surface area contributed by atoms with Crippen LogP contribution >= 0.6 is 23.2 Å². The summed E-state index contributed by atoms with van der Waals surface area (Å²) >= 11 is 13.0. The zero-order valence-electron chi connectivity index (χ0n) is 26.1. The number of rotatable bonds is 15. The van der Waals surface area contributed by atoms with Crippen molar-refractivity contribution in [1.82, 2.24) is 10.9 Å². The van der Waals surface area contributed by atoms with E-state index >= 15 is 0 Å². The maximum Gasteiger partial charge on any atom is 0.266 e. The molecule has 0 bridgehead atoms. The van der Waals surface area contributed by atoms with Gasteiger partial charge in [-0.25, -0.2) is 10.4 Å². The fourth-order valence-electron chi connectivity index (χ4n) is 5.36. The second-order valence-electron chi connectivity index (χ2n) is 10.9. The van der Waals surface area contributed by atoms with Crippen molar-refractivity contribution in [2.24, 2.45) is 10.1 Å². The number of carbonyl (C=O) groups is 1. The topological polar surface area (TPSA) is 150 Å². The standard InChI is InChI=1S/C35H34Cl2N6O5/c1-46-28-8-4-6-23(20-28)16-17-39-42-34(45)35(22-25-7-2-3-9-31(25)41-43-38)32(29-15-12-26(36)21-30(29)37)48-33(40-35)24-10-13-27(14-11-24)47-19-5-18-44/h2-4,6-15,20-21,32,39,44H,5,16-19,22H2,1H3,(H,42,45)/t32-,35-/m0/s1. The quantitative estimate of drug-likeness (QED) is 0.0400. The van der Waals surface area contributed by atoms with Crippen molar-refractivity contribution in [3.8, 4) is 11.5 Å². The van der Waals surface area contributed by atoms with Gasteiger partial charge in [0.15, 0.2) is 11.6 Å². The minimum atomic E-state index is -1.62.